The fraction of sp³-hybridized carbons (Fsp3) is 0.158. The summed E-state index contributed by atoms with van der Waals surface area (Å²) >= 11 is 0. The van der Waals surface area contributed by atoms with Crippen LogP contribution in [0.5, 0.6) is 0 Å². The van der Waals surface area contributed by atoms with E-state index in [9.17, 15) is 20.4 Å². The van der Waals surface area contributed by atoms with E-state index < -0.39 is 0 Å². The molecule has 0 amide bonds. The Kier molecular flexibility index (Phi) is 10.2. The van der Waals surface area contributed by atoms with Crippen LogP contribution >= 0.6 is 0 Å². The van der Waals surface area contributed by atoms with Crippen LogP contribution in [-0.2, 0) is 26.1 Å². The monoisotopic (exact) mass is 571 g/mol. The first kappa shape index (κ1) is 30.0. The molecule has 5 nitrogen and oxygen atoms in total. The number of aliphatic hydroxyl groups is 4. The fourth-order valence-corrected chi connectivity index (χ4v) is 5.13. The third-order valence-corrected chi connectivity index (χ3v) is 7.55. The van der Waals surface area contributed by atoms with Crippen molar-refractivity contribution in [1.82, 2.24) is 0 Å². The maximum absolute atomic E-state index is 9.53. The molecule has 0 atom stereocenters. The molecular weight excluding hydrogens is 534 g/mol. The molecule has 0 aromatic heterocycles. The molecule has 0 spiro atoms. The first-order valence-electron chi connectivity index (χ1n) is 14.5. The second-order valence-corrected chi connectivity index (χ2v) is 10.5. The van der Waals surface area contributed by atoms with Gasteiger partial charge in [-0.1, -0.05) is 84.9 Å². The highest BCUT2D eigenvalue weighted by Gasteiger charge is 2.13. The van der Waals surface area contributed by atoms with Crippen molar-refractivity contribution in [3.05, 3.63) is 160 Å². The molecule has 0 aliphatic heterocycles. The van der Waals surface area contributed by atoms with Gasteiger partial charge in [-0.05, 0) is 99.8 Å². The zero-order valence-corrected chi connectivity index (χ0v) is 24.1. The summed E-state index contributed by atoms with van der Waals surface area (Å²) in [7, 11) is 0. The predicted octanol–water partition coefficient (Wildman–Crippen LogP) is 6.80. The molecule has 0 saturated carbocycles. The Labute approximate surface area is 253 Å². The number of anilines is 3. The van der Waals surface area contributed by atoms with Crippen molar-refractivity contribution < 1.29 is 20.4 Å². The molecule has 0 unspecified atom stereocenters. The van der Waals surface area contributed by atoms with Crippen molar-refractivity contribution in [1.29, 1.82) is 0 Å². The van der Waals surface area contributed by atoms with Gasteiger partial charge >= 0.3 is 0 Å². The molecule has 218 valence electrons. The maximum atomic E-state index is 9.53. The molecular formula is C38H37NO4. The molecule has 0 fully saturated rings. The number of hydrogen-bond acceptors (Lipinski definition) is 5. The van der Waals surface area contributed by atoms with Gasteiger partial charge in [-0.15, -0.1) is 0 Å². The second kappa shape index (κ2) is 14.6. The van der Waals surface area contributed by atoms with E-state index in [0.29, 0.717) is 12.8 Å². The lowest BCUT2D eigenvalue weighted by molar-refractivity contribution is 0.281. The van der Waals surface area contributed by atoms with E-state index in [4.69, 9.17) is 0 Å². The average Bonchev–Trinajstić information content (AvgIpc) is 3.06. The van der Waals surface area contributed by atoms with Gasteiger partial charge in [0.25, 0.3) is 0 Å². The minimum atomic E-state index is -0.00316. The van der Waals surface area contributed by atoms with Crippen LogP contribution in [0.1, 0.15) is 38.9 Å². The van der Waals surface area contributed by atoms with E-state index in [2.05, 4.69) is 59.5 Å². The third-order valence-electron chi connectivity index (χ3n) is 7.55. The Morgan fingerprint density at radius 2 is 0.791 bits per heavy atom. The van der Waals surface area contributed by atoms with Gasteiger partial charge < -0.3 is 25.3 Å². The highest BCUT2D eigenvalue weighted by molar-refractivity contribution is 5.92. The van der Waals surface area contributed by atoms with Crippen molar-refractivity contribution >= 4 is 28.7 Å². The molecule has 5 aromatic rings. The Balaban J connectivity index is 1.52. The fourth-order valence-electron chi connectivity index (χ4n) is 5.13. The summed E-state index contributed by atoms with van der Waals surface area (Å²) < 4.78 is 0. The number of aliphatic hydroxyl groups excluding tert-OH is 4. The summed E-state index contributed by atoms with van der Waals surface area (Å²) in [5, 5.41) is 37.8. The predicted molar refractivity (Wildman–Crippen MR) is 174 cm³/mol. The average molecular weight is 572 g/mol. The quantitative estimate of drug-likeness (QED) is 0.124. The Bertz CT molecular complexity index is 1510. The van der Waals surface area contributed by atoms with Crippen LogP contribution in [0.25, 0.3) is 11.6 Å². The molecule has 0 saturated heterocycles. The van der Waals surface area contributed by atoms with E-state index in [1.165, 1.54) is 0 Å². The Morgan fingerprint density at radius 3 is 1.14 bits per heavy atom. The lowest BCUT2D eigenvalue weighted by Crippen LogP contribution is -2.10. The Hall–Kier alpha value is -4.52. The molecule has 4 N–H and O–H groups in total. The van der Waals surface area contributed by atoms with Crippen molar-refractivity contribution in [2.45, 2.75) is 26.1 Å². The van der Waals surface area contributed by atoms with E-state index in [1.54, 1.807) is 0 Å². The summed E-state index contributed by atoms with van der Waals surface area (Å²) in [6, 6.07) is 40.7. The zero-order valence-electron chi connectivity index (χ0n) is 24.1. The largest absolute Gasteiger partial charge is 0.396 e. The van der Waals surface area contributed by atoms with Gasteiger partial charge in [0.2, 0.25) is 0 Å². The minimum Gasteiger partial charge on any atom is -0.396 e. The van der Waals surface area contributed by atoms with Crippen molar-refractivity contribution in [3.63, 3.8) is 0 Å². The van der Waals surface area contributed by atoms with Crippen molar-refractivity contribution in [3.8, 4) is 0 Å². The molecule has 0 aliphatic rings. The third kappa shape index (κ3) is 7.47. The van der Waals surface area contributed by atoms with Gasteiger partial charge in [0.1, 0.15) is 0 Å². The Morgan fingerprint density at radius 1 is 0.442 bits per heavy atom. The van der Waals surface area contributed by atoms with E-state index >= 15 is 0 Å². The lowest BCUT2D eigenvalue weighted by atomic mass is 9.94. The number of rotatable bonds is 12. The van der Waals surface area contributed by atoms with Gasteiger partial charge in [-0.2, -0.15) is 0 Å². The summed E-state index contributed by atoms with van der Waals surface area (Å²) in [5.41, 5.74) is 11.0. The minimum absolute atomic E-state index is 0.00316. The van der Waals surface area contributed by atoms with Crippen LogP contribution in [-0.4, -0.2) is 33.6 Å². The molecule has 0 aliphatic carbocycles. The lowest BCUT2D eigenvalue weighted by Gasteiger charge is -2.26. The molecule has 5 heteroatoms. The molecule has 0 bridgehead atoms. The first-order chi connectivity index (χ1) is 21.1. The summed E-state index contributed by atoms with van der Waals surface area (Å²) in [6.07, 6.45) is 3.39. The highest BCUT2D eigenvalue weighted by Crippen LogP contribution is 2.36. The zero-order chi connectivity index (χ0) is 30.0. The number of nitrogens with zero attached hydrogens (tertiary/aromatic N) is 1. The van der Waals surface area contributed by atoms with Crippen LogP contribution in [0.15, 0.2) is 121 Å². The maximum Gasteiger partial charge on any atom is 0.0681 e. The van der Waals surface area contributed by atoms with Crippen LogP contribution < -0.4 is 4.90 Å². The van der Waals surface area contributed by atoms with Crippen molar-refractivity contribution in [2.75, 3.05) is 18.1 Å². The van der Waals surface area contributed by atoms with Gasteiger partial charge in [0.05, 0.1) is 13.2 Å². The SMILES string of the molecule is OCCc1ccc(N(c2ccc(C=C(c3ccc(CO)cc3)c3ccc(CO)cc3)cc2)c2ccc(CCO)cc2)cc1. The normalized spacial score (nSPS) is 10.9. The van der Waals surface area contributed by atoms with E-state index in [1.807, 2.05) is 72.8 Å². The smallest absolute Gasteiger partial charge is 0.0681 e. The molecule has 5 aromatic carbocycles. The van der Waals surface area contributed by atoms with Crippen LogP contribution in [0.4, 0.5) is 17.1 Å². The summed E-state index contributed by atoms with van der Waals surface area (Å²) in [4.78, 5) is 2.20. The summed E-state index contributed by atoms with van der Waals surface area (Å²) in [6.45, 7) is 0.223. The van der Waals surface area contributed by atoms with Gasteiger partial charge in [-0.25, -0.2) is 0 Å². The second-order valence-electron chi connectivity index (χ2n) is 10.5. The van der Waals surface area contributed by atoms with E-state index in [0.717, 1.165) is 61.6 Å². The topological polar surface area (TPSA) is 84.2 Å². The van der Waals surface area contributed by atoms with Gasteiger partial charge in [-0.3, -0.25) is 0 Å². The van der Waals surface area contributed by atoms with Crippen LogP contribution in [0, 0.1) is 0 Å². The molecule has 0 heterocycles. The van der Waals surface area contributed by atoms with Crippen LogP contribution in [0.2, 0.25) is 0 Å². The molecule has 43 heavy (non-hydrogen) atoms. The highest BCUT2D eigenvalue weighted by atomic mass is 16.3. The first-order valence-corrected chi connectivity index (χ1v) is 14.5. The summed E-state index contributed by atoms with van der Waals surface area (Å²) in [5.74, 6) is 0. The van der Waals surface area contributed by atoms with E-state index in [-0.39, 0.29) is 26.4 Å². The number of benzene rings is 5. The van der Waals surface area contributed by atoms with Crippen molar-refractivity contribution in [2.24, 2.45) is 0 Å². The number of hydrogen-bond donors (Lipinski definition) is 4. The molecule has 5 rings (SSSR count). The van der Waals surface area contributed by atoms with Gasteiger partial charge in [0, 0.05) is 30.3 Å². The van der Waals surface area contributed by atoms with Crippen LogP contribution in [0.3, 0.4) is 0 Å². The molecule has 0 radical (unpaired) electrons. The standard InChI is InChI=1S/C38H37NO4/c40-23-21-28-5-15-35(16-6-28)39(36-17-7-29(8-18-36)22-24-41)37-19-9-30(10-20-37)25-38(33-11-1-31(26-42)2-12-33)34-13-3-32(27-43)4-14-34/h1-20,25,40-43H,21-24,26-27H2. The van der Waals surface area contributed by atoms with Gasteiger partial charge in [0.15, 0.2) is 0 Å².